The summed E-state index contributed by atoms with van der Waals surface area (Å²) < 4.78 is 10.9. The van der Waals surface area contributed by atoms with Crippen molar-refractivity contribution in [3.63, 3.8) is 0 Å². The van der Waals surface area contributed by atoms with Crippen molar-refractivity contribution in [1.82, 2.24) is 9.97 Å². The van der Waals surface area contributed by atoms with Gasteiger partial charge in [-0.2, -0.15) is 0 Å². The van der Waals surface area contributed by atoms with E-state index in [1.54, 1.807) is 20.5 Å². The van der Waals surface area contributed by atoms with E-state index < -0.39 is 0 Å². The summed E-state index contributed by atoms with van der Waals surface area (Å²) in [5.74, 6) is 2.02. The lowest BCUT2D eigenvalue weighted by atomic mass is 9.98. The first kappa shape index (κ1) is 17.8. The molecule has 0 aliphatic rings. The fourth-order valence-corrected chi connectivity index (χ4v) is 3.28. The minimum atomic E-state index is -0.0476. The third kappa shape index (κ3) is 3.47. The molecular formula is C23H21N3O2. The van der Waals surface area contributed by atoms with Crippen LogP contribution in [0.3, 0.4) is 0 Å². The lowest BCUT2D eigenvalue weighted by Crippen LogP contribution is -2.13. The Morgan fingerprint density at radius 1 is 0.750 bits per heavy atom. The number of ether oxygens (including phenoxy) is 2. The third-order valence-electron chi connectivity index (χ3n) is 4.69. The number of rotatable bonds is 6. The molecule has 0 amide bonds. The van der Waals surface area contributed by atoms with Crippen molar-refractivity contribution < 1.29 is 9.47 Å². The van der Waals surface area contributed by atoms with Crippen molar-refractivity contribution in [2.24, 2.45) is 0 Å². The summed E-state index contributed by atoms with van der Waals surface area (Å²) in [6.07, 6.45) is 1.56. The van der Waals surface area contributed by atoms with Gasteiger partial charge in [0.2, 0.25) is 0 Å². The Bertz CT molecular complexity index is 1030. The number of anilines is 1. The zero-order valence-electron chi connectivity index (χ0n) is 15.8. The van der Waals surface area contributed by atoms with Crippen LogP contribution < -0.4 is 14.8 Å². The molecule has 0 bridgehead atoms. The molecule has 140 valence electrons. The van der Waals surface area contributed by atoms with Gasteiger partial charge in [0.25, 0.3) is 0 Å². The van der Waals surface area contributed by atoms with Crippen LogP contribution in [-0.4, -0.2) is 24.2 Å². The molecule has 0 saturated heterocycles. The summed E-state index contributed by atoms with van der Waals surface area (Å²) in [4.78, 5) is 8.90. The van der Waals surface area contributed by atoms with E-state index in [-0.39, 0.29) is 6.04 Å². The van der Waals surface area contributed by atoms with Crippen molar-refractivity contribution in [3.8, 4) is 11.5 Å². The molecule has 1 aromatic heterocycles. The van der Waals surface area contributed by atoms with E-state index in [4.69, 9.17) is 9.47 Å². The van der Waals surface area contributed by atoms with Gasteiger partial charge in [-0.25, -0.2) is 9.97 Å². The Labute approximate surface area is 164 Å². The van der Waals surface area contributed by atoms with Gasteiger partial charge in [0, 0.05) is 11.5 Å². The molecule has 0 radical (unpaired) electrons. The monoisotopic (exact) mass is 371 g/mol. The molecule has 4 aromatic rings. The number of nitrogens with one attached hydrogen (secondary N) is 1. The first-order valence-corrected chi connectivity index (χ1v) is 9.03. The molecule has 0 saturated carbocycles. The Morgan fingerprint density at radius 3 is 1.89 bits per heavy atom. The normalized spacial score (nSPS) is 10.8. The molecule has 0 aliphatic carbocycles. The Hall–Kier alpha value is -3.60. The zero-order chi connectivity index (χ0) is 19.3. The van der Waals surface area contributed by atoms with Gasteiger partial charge in [0.15, 0.2) is 11.5 Å². The predicted octanol–water partition coefficient (Wildman–Crippen LogP) is 4.85. The second-order valence-corrected chi connectivity index (χ2v) is 6.35. The summed E-state index contributed by atoms with van der Waals surface area (Å²) >= 11 is 0. The zero-order valence-corrected chi connectivity index (χ0v) is 15.8. The molecule has 28 heavy (non-hydrogen) atoms. The standard InChI is InChI=1S/C23H21N3O2/c1-27-20-13-18-19(14-21(20)28-2)24-15-25-23(18)26-22(16-9-5-3-6-10-16)17-11-7-4-8-12-17/h3-15,22H,1-2H3,(H,24,25,26). The highest BCUT2D eigenvalue weighted by molar-refractivity contribution is 5.91. The molecular weight excluding hydrogens is 350 g/mol. The highest BCUT2D eigenvalue weighted by Crippen LogP contribution is 2.35. The number of benzene rings is 3. The molecule has 1 N–H and O–H groups in total. The second kappa shape index (κ2) is 7.96. The predicted molar refractivity (Wildman–Crippen MR) is 111 cm³/mol. The summed E-state index contributed by atoms with van der Waals surface area (Å²) in [5.41, 5.74) is 3.09. The van der Waals surface area contributed by atoms with E-state index in [0.717, 1.165) is 27.8 Å². The average Bonchev–Trinajstić information content (AvgIpc) is 2.77. The lowest BCUT2D eigenvalue weighted by Gasteiger charge is -2.21. The maximum Gasteiger partial charge on any atom is 0.162 e. The minimum Gasteiger partial charge on any atom is -0.493 e. The molecule has 0 atom stereocenters. The van der Waals surface area contributed by atoms with E-state index in [2.05, 4.69) is 39.6 Å². The fourth-order valence-electron chi connectivity index (χ4n) is 3.28. The lowest BCUT2D eigenvalue weighted by molar-refractivity contribution is 0.356. The largest absolute Gasteiger partial charge is 0.493 e. The van der Waals surface area contributed by atoms with Gasteiger partial charge in [0.05, 0.1) is 25.8 Å². The smallest absolute Gasteiger partial charge is 0.162 e. The van der Waals surface area contributed by atoms with Gasteiger partial charge in [-0.05, 0) is 17.2 Å². The van der Waals surface area contributed by atoms with Gasteiger partial charge in [0.1, 0.15) is 12.1 Å². The number of aromatic nitrogens is 2. The van der Waals surface area contributed by atoms with Gasteiger partial charge in [-0.3, -0.25) is 0 Å². The molecule has 0 unspecified atom stereocenters. The summed E-state index contributed by atoms with van der Waals surface area (Å²) in [5, 5.41) is 4.47. The summed E-state index contributed by atoms with van der Waals surface area (Å²) in [6.45, 7) is 0. The molecule has 1 heterocycles. The highest BCUT2D eigenvalue weighted by Gasteiger charge is 2.17. The SMILES string of the molecule is COc1cc2ncnc(NC(c3ccccc3)c3ccccc3)c2cc1OC. The van der Waals surface area contributed by atoms with E-state index >= 15 is 0 Å². The molecule has 0 fully saturated rings. The van der Waals surface area contributed by atoms with Crippen LogP contribution in [0.2, 0.25) is 0 Å². The van der Waals surface area contributed by atoms with Crippen LogP contribution in [-0.2, 0) is 0 Å². The minimum absolute atomic E-state index is 0.0476. The van der Waals surface area contributed by atoms with Crippen LogP contribution in [0.15, 0.2) is 79.1 Å². The second-order valence-electron chi connectivity index (χ2n) is 6.35. The van der Waals surface area contributed by atoms with Crippen LogP contribution >= 0.6 is 0 Å². The van der Waals surface area contributed by atoms with Crippen molar-refractivity contribution in [1.29, 1.82) is 0 Å². The first-order valence-electron chi connectivity index (χ1n) is 9.03. The number of fused-ring (bicyclic) bond motifs is 1. The maximum absolute atomic E-state index is 5.47. The highest BCUT2D eigenvalue weighted by atomic mass is 16.5. The molecule has 5 heteroatoms. The molecule has 4 rings (SSSR count). The van der Waals surface area contributed by atoms with E-state index in [0.29, 0.717) is 11.5 Å². The Kier molecular flexibility index (Phi) is 5.06. The van der Waals surface area contributed by atoms with Gasteiger partial charge < -0.3 is 14.8 Å². The first-order chi connectivity index (χ1) is 13.8. The number of hydrogen-bond acceptors (Lipinski definition) is 5. The summed E-state index contributed by atoms with van der Waals surface area (Å²) in [7, 11) is 3.24. The third-order valence-corrected chi connectivity index (χ3v) is 4.69. The van der Waals surface area contributed by atoms with Gasteiger partial charge in [-0.15, -0.1) is 0 Å². The van der Waals surface area contributed by atoms with Crippen molar-refractivity contribution in [3.05, 3.63) is 90.3 Å². The molecule has 5 nitrogen and oxygen atoms in total. The maximum atomic E-state index is 5.47. The van der Waals surface area contributed by atoms with Gasteiger partial charge in [-0.1, -0.05) is 60.7 Å². The van der Waals surface area contributed by atoms with Crippen molar-refractivity contribution >= 4 is 16.7 Å². The number of methoxy groups -OCH3 is 2. The topological polar surface area (TPSA) is 56.3 Å². The van der Waals surface area contributed by atoms with Crippen LogP contribution in [0.1, 0.15) is 17.2 Å². The molecule has 3 aromatic carbocycles. The average molecular weight is 371 g/mol. The number of hydrogen-bond donors (Lipinski definition) is 1. The fraction of sp³-hybridized carbons (Fsp3) is 0.130. The van der Waals surface area contributed by atoms with Crippen LogP contribution in [0.5, 0.6) is 11.5 Å². The summed E-state index contributed by atoms with van der Waals surface area (Å²) in [6, 6.07) is 24.4. The Morgan fingerprint density at radius 2 is 1.32 bits per heavy atom. The van der Waals surface area contributed by atoms with E-state index in [1.165, 1.54) is 0 Å². The van der Waals surface area contributed by atoms with E-state index in [1.807, 2.05) is 48.5 Å². The van der Waals surface area contributed by atoms with Crippen LogP contribution in [0.25, 0.3) is 10.9 Å². The van der Waals surface area contributed by atoms with Crippen LogP contribution in [0, 0.1) is 0 Å². The van der Waals surface area contributed by atoms with Gasteiger partial charge >= 0.3 is 0 Å². The Balaban J connectivity index is 1.82. The number of nitrogens with zero attached hydrogens (tertiary/aromatic N) is 2. The van der Waals surface area contributed by atoms with Crippen molar-refractivity contribution in [2.75, 3.05) is 19.5 Å². The van der Waals surface area contributed by atoms with E-state index in [9.17, 15) is 0 Å². The quantitative estimate of drug-likeness (QED) is 0.525. The molecule has 0 spiro atoms. The molecule has 0 aliphatic heterocycles. The van der Waals surface area contributed by atoms with Crippen molar-refractivity contribution in [2.45, 2.75) is 6.04 Å². The van der Waals surface area contributed by atoms with Crippen LogP contribution in [0.4, 0.5) is 5.82 Å².